The van der Waals surface area contributed by atoms with Crippen LogP contribution in [-0.4, -0.2) is 21.9 Å². The van der Waals surface area contributed by atoms with Crippen molar-refractivity contribution >= 4 is 22.5 Å². The highest BCUT2D eigenvalue weighted by atomic mass is 32.2. The molecule has 0 saturated heterocycles. The van der Waals surface area contributed by atoms with Gasteiger partial charge in [0.2, 0.25) is 0 Å². The molecule has 0 bridgehead atoms. The number of hydrogen-bond donors (Lipinski definition) is 0. The summed E-state index contributed by atoms with van der Waals surface area (Å²) in [6.45, 7) is 0. The van der Waals surface area contributed by atoms with Gasteiger partial charge in [0, 0.05) is 5.75 Å². The molecule has 5 heteroatoms. The topological polar surface area (TPSA) is 39.9 Å². The molecular formula is C20H17N3OS. The molecule has 25 heavy (non-hydrogen) atoms. The Morgan fingerprint density at radius 1 is 0.960 bits per heavy atom. The smallest absolute Gasteiger partial charge is 0.196 e. The zero-order valence-electron chi connectivity index (χ0n) is 13.8. The number of rotatable bonds is 5. The minimum atomic E-state index is 0.800. The number of benzene rings is 3. The summed E-state index contributed by atoms with van der Waals surface area (Å²) in [5.74, 6) is 1.63. The van der Waals surface area contributed by atoms with Crippen molar-refractivity contribution in [2.75, 3.05) is 7.11 Å². The third-order valence-electron chi connectivity index (χ3n) is 4.10. The third-order valence-corrected chi connectivity index (χ3v) is 5.09. The van der Waals surface area contributed by atoms with Crippen LogP contribution in [0.1, 0.15) is 5.56 Å². The highest BCUT2D eigenvalue weighted by molar-refractivity contribution is 7.98. The first-order valence-corrected chi connectivity index (χ1v) is 8.98. The van der Waals surface area contributed by atoms with Crippen molar-refractivity contribution in [1.29, 1.82) is 0 Å². The number of fused-ring (bicyclic) bond motifs is 1. The maximum atomic E-state index is 5.46. The van der Waals surface area contributed by atoms with Gasteiger partial charge in [-0.05, 0) is 28.5 Å². The normalized spacial score (nSPS) is 10.9. The number of thioether (sulfide) groups is 1. The molecule has 0 spiro atoms. The largest absolute Gasteiger partial charge is 0.495 e. The van der Waals surface area contributed by atoms with Gasteiger partial charge >= 0.3 is 0 Å². The van der Waals surface area contributed by atoms with Crippen molar-refractivity contribution in [2.45, 2.75) is 10.9 Å². The van der Waals surface area contributed by atoms with Gasteiger partial charge in [-0.2, -0.15) is 0 Å². The fourth-order valence-corrected chi connectivity index (χ4v) is 3.80. The van der Waals surface area contributed by atoms with E-state index in [0.717, 1.165) is 22.3 Å². The summed E-state index contributed by atoms with van der Waals surface area (Å²) < 4.78 is 7.43. The minimum absolute atomic E-state index is 0.800. The van der Waals surface area contributed by atoms with E-state index in [-0.39, 0.29) is 0 Å². The van der Waals surface area contributed by atoms with E-state index in [1.807, 2.05) is 28.8 Å². The molecule has 0 atom stereocenters. The minimum Gasteiger partial charge on any atom is -0.495 e. The second-order valence-corrected chi connectivity index (χ2v) is 6.52. The summed E-state index contributed by atoms with van der Waals surface area (Å²) in [6, 6.07) is 22.7. The second-order valence-electron chi connectivity index (χ2n) is 5.58. The Hall–Kier alpha value is -2.79. The Labute approximate surface area is 150 Å². The Bertz CT molecular complexity index is 1010. The standard InChI is InChI=1S/C20H17N3OS/c1-24-19-12-5-4-11-18(19)23-14-21-22-20(23)25-13-16-9-6-8-15-7-2-3-10-17(15)16/h2-12,14H,13H2,1H3. The summed E-state index contributed by atoms with van der Waals surface area (Å²) in [5, 5.41) is 11.7. The SMILES string of the molecule is COc1ccccc1-n1cnnc1SCc1cccc2ccccc12. The van der Waals surface area contributed by atoms with E-state index in [2.05, 4.69) is 52.7 Å². The first kappa shape index (κ1) is 15.7. The second kappa shape index (κ2) is 6.99. The molecule has 0 radical (unpaired) electrons. The van der Waals surface area contributed by atoms with Crippen LogP contribution in [0.4, 0.5) is 0 Å². The van der Waals surface area contributed by atoms with Gasteiger partial charge in [0.25, 0.3) is 0 Å². The third kappa shape index (κ3) is 3.10. The maximum Gasteiger partial charge on any atom is 0.196 e. The quantitative estimate of drug-likeness (QED) is 0.490. The molecule has 4 nitrogen and oxygen atoms in total. The van der Waals surface area contributed by atoms with Gasteiger partial charge in [-0.3, -0.25) is 4.57 Å². The lowest BCUT2D eigenvalue weighted by Crippen LogP contribution is -1.98. The van der Waals surface area contributed by atoms with Gasteiger partial charge in [0.05, 0.1) is 12.8 Å². The van der Waals surface area contributed by atoms with Crippen molar-refractivity contribution in [2.24, 2.45) is 0 Å². The van der Waals surface area contributed by atoms with E-state index >= 15 is 0 Å². The summed E-state index contributed by atoms with van der Waals surface area (Å²) in [6.07, 6.45) is 1.73. The average Bonchev–Trinajstić information content (AvgIpc) is 3.14. The number of para-hydroxylation sites is 2. The predicted octanol–water partition coefficient (Wildman–Crippen LogP) is 4.72. The number of aromatic nitrogens is 3. The van der Waals surface area contributed by atoms with Crippen LogP contribution in [0.2, 0.25) is 0 Å². The maximum absolute atomic E-state index is 5.46. The fraction of sp³-hybridized carbons (Fsp3) is 0.100. The summed E-state index contributed by atoms with van der Waals surface area (Å²) in [7, 11) is 1.67. The van der Waals surface area contributed by atoms with Gasteiger partial charge in [0.1, 0.15) is 12.1 Å². The van der Waals surface area contributed by atoms with Gasteiger partial charge < -0.3 is 4.74 Å². The van der Waals surface area contributed by atoms with Crippen molar-refractivity contribution in [3.05, 3.63) is 78.6 Å². The van der Waals surface area contributed by atoms with Gasteiger partial charge in [-0.25, -0.2) is 0 Å². The van der Waals surface area contributed by atoms with Crippen molar-refractivity contribution in [3.8, 4) is 11.4 Å². The molecule has 1 heterocycles. The van der Waals surface area contributed by atoms with Crippen LogP contribution in [0.3, 0.4) is 0 Å². The summed E-state index contributed by atoms with van der Waals surface area (Å²) in [4.78, 5) is 0. The number of methoxy groups -OCH3 is 1. The van der Waals surface area contributed by atoms with E-state index in [4.69, 9.17) is 4.74 Å². The van der Waals surface area contributed by atoms with Gasteiger partial charge in [-0.1, -0.05) is 66.4 Å². The van der Waals surface area contributed by atoms with E-state index < -0.39 is 0 Å². The molecule has 4 aromatic rings. The first-order valence-electron chi connectivity index (χ1n) is 7.99. The average molecular weight is 347 g/mol. The number of hydrogen-bond acceptors (Lipinski definition) is 4. The Kier molecular flexibility index (Phi) is 4.39. The van der Waals surface area contributed by atoms with Crippen LogP contribution in [0.15, 0.2) is 78.2 Å². The van der Waals surface area contributed by atoms with E-state index in [9.17, 15) is 0 Å². The monoisotopic (exact) mass is 347 g/mol. The molecule has 3 aromatic carbocycles. The highest BCUT2D eigenvalue weighted by Gasteiger charge is 2.12. The van der Waals surface area contributed by atoms with Crippen LogP contribution in [0.5, 0.6) is 5.75 Å². The van der Waals surface area contributed by atoms with Crippen LogP contribution >= 0.6 is 11.8 Å². The summed E-state index contributed by atoms with van der Waals surface area (Å²) >= 11 is 1.67. The predicted molar refractivity (Wildman–Crippen MR) is 101 cm³/mol. The van der Waals surface area contributed by atoms with Crippen molar-refractivity contribution in [1.82, 2.24) is 14.8 Å². The summed E-state index contributed by atoms with van der Waals surface area (Å²) in [5.41, 5.74) is 2.23. The molecular weight excluding hydrogens is 330 g/mol. The molecule has 0 unspecified atom stereocenters. The van der Waals surface area contributed by atoms with Crippen LogP contribution in [0, 0.1) is 0 Å². The van der Waals surface area contributed by atoms with Gasteiger partial charge in [-0.15, -0.1) is 10.2 Å². The lowest BCUT2D eigenvalue weighted by Gasteiger charge is -2.11. The molecule has 0 amide bonds. The zero-order valence-corrected chi connectivity index (χ0v) is 14.6. The lowest BCUT2D eigenvalue weighted by molar-refractivity contribution is 0.412. The van der Waals surface area contributed by atoms with Crippen molar-refractivity contribution in [3.63, 3.8) is 0 Å². The molecule has 0 aliphatic carbocycles. The van der Waals surface area contributed by atoms with Crippen molar-refractivity contribution < 1.29 is 4.74 Å². The lowest BCUT2D eigenvalue weighted by atomic mass is 10.1. The molecule has 1 aromatic heterocycles. The van der Waals surface area contributed by atoms with Crippen LogP contribution < -0.4 is 4.74 Å². The molecule has 4 rings (SSSR count). The first-order chi connectivity index (χ1) is 12.4. The van der Waals surface area contributed by atoms with E-state index in [1.165, 1.54) is 16.3 Å². The molecule has 0 fully saturated rings. The van der Waals surface area contributed by atoms with E-state index in [0.29, 0.717) is 0 Å². The fourth-order valence-electron chi connectivity index (χ4n) is 2.88. The molecule has 0 aliphatic heterocycles. The highest BCUT2D eigenvalue weighted by Crippen LogP contribution is 2.30. The molecule has 0 N–H and O–H groups in total. The zero-order chi connectivity index (χ0) is 17.1. The molecule has 124 valence electrons. The number of ether oxygens (including phenoxy) is 1. The number of nitrogens with zero attached hydrogens (tertiary/aromatic N) is 3. The molecule has 0 aliphatic rings. The van der Waals surface area contributed by atoms with Crippen LogP contribution in [0.25, 0.3) is 16.5 Å². The van der Waals surface area contributed by atoms with E-state index in [1.54, 1.807) is 25.2 Å². The van der Waals surface area contributed by atoms with Crippen LogP contribution in [-0.2, 0) is 5.75 Å². The van der Waals surface area contributed by atoms with Gasteiger partial charge in [0.15, 0.2) is 5.16 Å². The molecule has 0 saturated carbocycles. The Morgan fingerprint density at radius 3 is 2.68 bits per heavy atom. The Morgan fingerprint density at radius 2 is 1.76 bits per heavy atom. The Balaban J connectivity index is 1.64.